The molecule has 0 aliphatic carbocycles. The van der Waals surface area contributed by atoms with E-state index >= 15 is 0 Å². The van der Waals surface area contributed by atoms with E-state index in [1.54, 1.807) is 24.3 Å². The van der Waals surface area contributed by atoms with Gasteiger partial charge in [-0.2, -0.15) is 0 Å². The first kappa shape index (κ1) is 15.5. The molecule has 0 unspecified atom stereocenters. The zero-order valence-corrected chi connectivity index (χ0v) is 11.2. The minimum atomic E-state index is -1.41. The third-order valence-electron chi connectivity index (χ3n) is 2.62. The van der Waals surface area contributed by atoms with E-state index in [1.165, 1.54) is 0 Å². The van der Waals surface area contributed by atoms with Gasteiger partial charge in [0.05, 0.1) is 18.7 Å². The third kappa shape index (κ3) is 5.77. The van der Waals surface area contributed by atoms with E-state index in [0.717, 1.165) is 5.75 Å². The maximum atomic E-state index is 10.4. The highest BCUT2D eigenvalue weighted by atomic mass is 35.5. The molecule has 1 atom stereocenters. The predicted octanol–water partition coefficient (Wildman–Crippen LogP) is 1.56. The Labute approximate surface area is 117 Å². The Morgan fingerprint density at radius 1 is 1.37 bits per heavy atom. The van der Waals surface area contributed by atoms with Crippen molar-refractivity contribution >= 4 is 17.6 Å². The summed E-state index contributed by atoms with van der Waals surface area (Å²) in [6, 6.07) is 7.03. The van der Waals surface area contributed by atoms with Crippen molar-refractivity contribution < 1.29 is 19.7 Å². The predicted molar refractivity (Wildman–Crippen MR) is 71.0 cm³/mol. The lowest BCUT2D eigenvalue weighted by Crippen LogP contribution is -2.30. The second-order valence-corrected chi connectivity index (χ2v) is 4.56. The molecule has 1 aromatic carbocycles. The number of carboxylic acid groups (broad SMARTS) is 1. The Hall–Kier alpha value is -1.52. The van der Waals surface area contributed by atoms with E-state index in [9.17, 15) is 15.0 Å². The number of ether oxygens (including phenoxy) is 1. The second-order valence-electron chi connectivity index (χ2n) is 4.13. The van der Waals surface area contributed by atoms with Crippen molar-refractivity contribution in [2.75, 3.05) is 6.61 Å². The number of aliphatic hydroxyl groups is 1. The monoisotopic (exact) mass is 283 g/mol. The zero-order chi connectivity index (χ0) is 14.3. The van der Waals surface area contributed by atoms with Gasteiger partial charge in [0, 0.05) is 5.02 Å². The number of benzene rings is 1. The van der Waals surface area contributed by atoms with Crippen LogP contribution in [0.1, 0.15) is 19.3 Å². The van der Waals surface area contributed by atoms with Gasteiger partial charge in [-0.1, -0.05) is 18.2 Å². The molecule has 1 rings (SSSR count). The summed E-state index contributed by atoms with van der Waals surface area (Å²) < 4.78 is 5.46. The maximum absolute atomic E-state index is 10.4. The first-order valence-electron chi connectivity index (χ1n) is 5.97. The highest BCUT2D eigenvalue weighted by Gasteiger charge is 2.08. The van der Waals surface area contributed by atoms with Gasteiger partial charge < -0.3 is 19.7 Å². The molecule has 0 radical (unpaired) electrons. The first-order chi connectivity index (χ1) is 9.00. The van der Waals surface area contributed by atoms with Gasteiger partial charge in [-0.05, 0) is 49.1 Å². The Balaban J connectivity index is 2.16. The quantitative estimate of drug-likeness (QED) is 0.581. The molecule has 0 fully saturated rings. The molecule has 0 amide bonds. The fourth-order valence-electron chi connectivity index (χ4n) is 1.47. The summed E-state index contributed by atoms with van der Waals surface area (Å²) in [6.07, 6.45) is 0.623. The largest absolute Gasteiger partial charge is 0.545 e. The van der Waals surface area contributed by atoms with Crippen LogP contribution >= 0.6 is 11.6 Å². The minimum absolute atomic E-state index is 0.279. The van der Waals surface area contributed by atoms with Crippen molar-refractivity contribution in [3.63, 3.8) is 0 Å². The first-order valence-corrected chi connectivity index (χ1v) is 6.35. The number of hydrogen-bond acceptors (Lipinski definition) is 4. The Morgan fingerprint density at radius 2 is 2.00 bits per heavy atom. The molecule has 1 aromatic rings. The summed E-state index contributed by atoms with van der Waals surface area (Å²) >= 11 is 5.74. The smallest absolute Gasteiger partial charge is 0.119 e. The van der Waals surface area contributed by atoms with Crippen LogP contribution in [-0.4, -0.2) is 23.8 Å². The molecule has 0 saturated carbocycles. The average molecular weight is 284 g/mol. The molecule has 4 nitrogen and oxygen atoms in total. The Kier molecular flexibility index (Phi) is 6.39. The summed E-state index contributed by atoms with van der Waals surface area (Å²) in [5, 5.41) is 20.5. The van der Waals surface area contributed by atoms with Crippen molar-refractivity contribution in [2.24, 2.45) is 0 Å². The van der Waals surface area contributed by atoms with Gasteiger partial charge in [0.1, 0.15) is 5.75 Å². The minimum Gasteiger partial charge on any atom is -0.545 e. The molecule has 19 heavy (non-hydrogen) atoms. The van der Waals surface area contributed by atoms with E-state index < -0.39 is 12.1 Å². The fourth-order valence-corrected chi connectivity index (χ4v) is 1.60. The molecule has 0 heterocycles. The van der Waals surface area contributed by atoms with E-state index in [2.05, 4.69) is 6.58 Å². The molecule has 1 N–H and O–H groups in total. The summed E-state index contributed by atoms with van der Waals surface area (Å²) in [7, 11) is 0. The Morgan fingerprint density at radius 3 is 2.58 bits per heavy atom. The van der Waals surface area contributed by atoms with Crippen molar-refractivity contribution in [3.8, 4) is 5.75 Å². The lowest BCUT2D eigenvalue weighted by Gasteiger charge is -2.14. The van der Waals surface area contributed by atoms with E-state index in [1.807, 2.05) is 0 Å². The maximum Gasteiger partial charge on any atom is 0.119 e. The molecule has 0 spiro atoms. The number of carbonyl (C=O) groups is 1. The van der Waals surface area contributed by atoms with Crippen LogP contribution in [0.2, 0.25) is 5.02 Å². The number of carbonyl (C=O) groups excluding carboxylic acids is 1. The molecule has 0 bridgehead atoms. The molecule has 0 saturated heterocycles. The van der Waals surface area contributed by atoms with Crippen LogP contribution < -0.4 is 9.84 Å². The van der Waals surface area contributed by atoms with Gasteiger partial charge in [-0.3, -0.25) is 0 Å². The fraction of sp³-hybridized carbons (Fsp3) is 0.357. The molecule has 104 valence electrons. The van der Waals surface area contributed by atoms with Gasteiger partial charge in [0.25, 0.3) is 0 Å². The molecular formula is C14H16ClO4-. The number of aliphatic carboxylic acids is 1. The molecule has 0 aliphatic heterocycles. The lowest BCUT2D eigenvalue weighted by molar-refractivity contribution is -0.300. The average Bonchev–Trinajstić information content (AvgIpc) is 2.39. The van der Waals surface area contributed by atoms with Crippen LogP contribution in [0.3, 0.4) is 0 Å². The molecule has 0 aliphatic rings. The number of carboxylic acids is 1. The number of halogens is 1. The van der Waals surface area contributed by atoms with Gasteiger partial charge in [0.2, 0.25) is 0 Å². The van der Waals surface area contributed by atoms with Crippen molar-refractivity contribution in [3.05, 3.63) is 41.4 Å². The van der Waals surface area contributed by atoms with Gasteiger partial charge in [0.15, 0.2) is 0 Å². The molecule has 5 heteroatoms. The van der Waals surface area contributed by atoms with Crippen molar-refractivity contribution in [2.45, 2.75) is 25.4 Å². The van der Waals surface area contributed by atoms with E-state index in [4.69, 9.17) is 16.3 Å². The highest BCUT2D eigenvalue weighted by molar-refractivity contribution is 6.30. The molecule has 0 aromatic heterocycles. The normalized spacial score (nSPS) is 11.9. The SMILES string of the molecule is C=C(C(=O)[O-])[C@@H](O)CCCCOc1ccc(Cl)cc1. The summed E-state index contributed by atoms with van der Waals surface area (Å²) in [5.74, 6) is -0.686. The van der Waals surface area contributed by atoms with Gasteiger partial charge in [-0.15, -0.1) is 0 Å². The van der Waals surface area contributed by atoms with Gasteiger partial charge >= 0.3 is 0 Å². The highest BCUT2D eigenvalue weighted by Crippen LogP contribution is 2.16. The van der Waals surface area contributed by atoms with E-state index in [0.29, 0.717) is 30.9 Å². The third-order valence-corrected chi connectivity index (χ3v) is 2.87. The number of rotatable bonds is 8. The number of hydrogen-bond donors (Lipinski definition) is 1. The molecular weight excluding hydrogens is 268 g/mol. The lowest BCUT2D eigenvalue weighted by atomic mass is 10.1. The second kappa shape index (κ2) is 7.81. The van der Waals surface area contributed by atoms with Gasteiger partial charge in [-0.25, -0.2) is 0 Å². The van der Waals surface area contributed by atoms with Crippen LogP contribution in [0, 0.1) is 0 Å². The van der Waals surface area contributed by atoms with Crippen LogP contribution in [0.5, 0.6) is 5.75 Å². The summed E-state index contributed by atoms with van der Waals surface area (Å²) in [5.41, 5.74) is -0.279. The number of unbranched alkanes of at least 4 members (excludes halogenated alkanes) is 1. The van der Waals surface area contributed by atoms with Crippen LogP contribution in [0.4, 0.5) is 0 Å². The number of aliphatic hydroxyl groups excluding tert-OH is 1. The van der Waals surface area contributed by atoms with Crippen molar-refractivity contribution in [1.29, 1.82) is 0 Å². The van der Waals surface area contributed by atoms with Crippen LogP contribution in [0.15, 0.2) is 36.4 Å². The van der Waals surface area contributed by atoms with Crippen molar-refractivity contribution in [1.82, 2.24) is 0 Å². The van der Waals surface area contributed by atoms with Crippen LogP contribution in [0.25, 0.3) is 0 Å². The van der Waals surface area contributed by atoms with E-state index in [-0.39, 0.29) is 5.57 Å². The standard InChI is InChI=1S/C14H17ClO4/c1-10(14(17)18)13(16)4-2-3-9-19-12-7-5-11(15)6-8-12/h5-8,13,16H,1-4,9H2,(H,17,18)/p-1/t13-/m0/s1. The Bertz CT molecular complexity index is 428. The van der Waals surface area contributed by atoms with Crippen LogP contribution in [-0.2, 0) is 4.79 Å². The zero-order valence-electron chi connectivity index (χ0n) is 10.5. The topological polar surface area (TPSA) is 69.6 Å². The summed E-state index contributed by atoms with van der Waals surface area (Å²) in [4.78, 5) is 10.4. The summed E-state index contributed by atoms with van der Waals surface area (Å²) in [6.45, 7) is 3.75.